The lowest BCUT2D eigenvalue weighted by Gasteiger charge is -2.04. The zero-order valence-electron chi connectivity index (χ0n) is 11.3. The van der Waals surface area contributed by atoms with Gasteiger partial charge in [-0.2, -0.15) is 0 Å². The number of unbranched alkanes of at least 4 members (excludes halogenated alkanes) is 1. The van der Waals surface area contributed by atoms with Gasteiger partial charge in [0.15, 0.2) is 5.82 Å². The summed E-state index contributed by atoms with van der Waals surface area (Å²) in [5, 5.41) is 20.3. The summed E-state index contributed by atoms with van der Waals surface area (Å²) in [4.78, 5) is 10.4. The standard InChI is InChI=1S/C14H18N4O2/c19-14(20)8-4-5-11-18-13(15-16-17-18)10-9-12-6-2-1-3-7-12/h1-3,6-7H,4-5,8-11H2,(H,19,20). The number of benzene rings is 1. The summed E-state index contributed by atoms with van der Waals surface area (Å²) < 4.78 is 1.77. The van der Waals surface area contributed by atoms with E-state index in [1.807, 2.05) is 18.2 Å². The minimum atomic E-state index is -0.758. The third kappa shape index (κ3) is 4.46. The van der Waals surface area contributed by atoms with Crippen LogP contribution in [0.25, 0.3) is 0 Å². The average Bonchev–Trinajstić information content (AvgIpc) is 2.90. The lowest BCUT2D eigenvalue weighted by molar-refractivity contribution is -0.137. The zero-order valence-corrected chi connectivity index (χ0v) is 11.3. The monoisotopic (exact) mass is 274 g/mol. The molecule has 0 saturated heterocycles. The first kappa shape index (κ1) is 14.2. The maximum absolute atomic E-state index is 10.4. The molecule has 0 amide bonds. The molecule has 0 atom stereocenters. The number of tetrazole rings is 1. The molecule has 1 aromatic heterocycles. The van der Waals surface area contributed by atoms with Gasteiger partial charge in [-0.25, -0.2) is 4.68 Å². The van der Waals surface area contributed by atoms with Crippen molar-refractivity contribution in [3.05, 3.63) is 41.7 Å². The number of carboxylic acid groups (broad SMARTS) is 1. The molecule has 2 rings (SSSR count). The number of carbonyl (C=O) groups is 1. The Hall–Kier alpha value is -2.24. The van der Waals surface area contributed by atoms with Crippen LogP contribution in [-0.4, -0.2) is 31.3 Å². The Bertz CT molecular complexity index is 539. The third-order valence-corrected chi connectivity index (χ3v) is 3.10. The van der Waals surface area contributed by atoms with Crippen LogP contribution in [0.15, 0.2) is 30.3 Å². The van der Waals surface area contributed by atoms with E-state index in [9.17, 15) is 4.79 Å². The van der Waals surface area contributed by atoms with E-state index in [0.29, 0.717) is 13.0 Å². The van der Waals surface area contributed by atoms with E-state index in [0.717, 1.165) is 25.1 Å². The van der Waals surface area contributed by atoms with E-state index in [-0.39, 0.29) is 6.42 Å². The van der Waals surface area contributed by atoms with E-state index in [4.69, 9.17) is 5.11 Å². The fourth-order valence-corrected chi connectivity index (χ4v) is 2.01. The Kier molecular flexibility index (Phi) is 5.23. The van der Waals surface area contributed by atoms with Crippen LogP contribution in [0.5, 0.6) is 0 Å². The molecule has 0 aliphatic rings. The van der Waals surface area contributed by atoms with Gasteiger partial charge in [-0.3, -0.25) is 4.79 Å². The Morgan fingerprint density at radius 3 is 2.70 bits per heavy atom. The molecule has 0 spiro atoms. The molecule has 1 aromatic carbocycles. The lowest BCUT2D eigenvalue weighted by Crippen LogP contribution is -2.08. The maximum Gasteiger partial charge on any atom is 0.303 e. The number of nitrogens with zero attached hydrogens (tertiary/aromatic N) is 4. The predicted octanol–water partition coefficient (Wildman–Crippen LogP) is 1.71. The molecule has 6 heteroatoms. The van der Waals surface area contributed by atoms with Gasteiger partial charge in [-0.15, -0.1) is 5.10 Å². The van der Waals surface area contributed by atoms with Crippen molar-refractivity contribution in [2.75, 3.05) is 0 Å². The number of hydrogen-bond acceptors (Lipinski definition) is 4. The van der Waals surface area contributed by atoms with Crippen LogP contribution in [0, 0.1) is 0 Å². The molecule has 6 nitrogen and oxygen atoms in total. The minimum Gasteiger partial charge on any atom is -0.481 e. The molecule has 0 aliphatic carbocycles. The molecule has 1 N–H and O–H groups in total. The van der Waals surface area contributed by atoms with E-state index in [1.165, 1.54) is 5.56 Å². The Morgan fingerprint density at radius 1 is 1.15 bits per heavy atom. The van der Waals surface area contributed by atoms with Crippen molar-refractivity contribution >= 4 is 5.97 Å². The van der Waals surface area contributed by atoms with E-state index < -0.39 is 5.97 Å². The van der Waals surface area contributed by atoms with Gasteiger partial charge in [0.1, 0.15) is 0 Å². The fraction of sp³-hybridized carbons (Fsp3) is 0.429. The van der Waals surface area contributed by atoms with Gasteiger partial charge in [-0.1, -0.05) is 30.3 Å². The van der Waals surface area contributed by atoms with Crippen LogP contribution in [-0.2, 0) is 24.2 Å². The summed E-state index contributed by atoms with van der Waals surface area (Å²) in [6, 6.07) is 10.2. The fourth-order valence-electron chi connectivity index (χ4n) is 2.01. The molecule has 0 unspecified atom stereocenters. The van der Waals surface area contributed by atoms with Crippen LogP contribution in [0.2, 0.25) is 0 Å². The number of aliphatic carboxylic acids is 1. The van der Waals surface area contributed by atoms with E-state index >= 15 is 0 Å². The summed E-state index contributed by atoms with van der Waals surface area (Å²) in [6.45, 7) is 0.671. The van der Waals surface area contributed by atoms with Crippen LogP contribution >= 0.6 is 0 Å². The number of aryl methyl sites for hydroxylation is 3. The van der Waals surface area contributed by atoms with E-state index in [1.54, 1.807) is 4.68 Å². The molecule has 0 bridgehead atoms. The zero-order chi connectivity index (χ0) is 14.2. The number of hydrogen-bond donors (Lipinski definition) is 1. The quantitative estimate of drug-likeness (QED) is 0.741. The van der Waals surface area contributed by atoms with Gasteiger partial charge in [0.05, 0.1) is 0 Å². The summed E-state index contributed by atoms with van der Waals surface area (Å²) in [5.41, 5.74) is 1.26. The molecule has 20 heavy (non-hydrogen) atoms. The molecule has 106 valence electrons. The molecular weight excluding hydrogens is 256 g/mol. The summed E-state index contributed by atoms with van der Waals surface area (Å²) in [5.74, 6) is 0.0928. The number of rotatable bonds is 8. The first-order valence-corrected chi connectivity index (χ1v) is 6.76. The Labute approximate surface area is 117 Å². The van der Waals surface area contributed by atoms with Gasteiger partial charge in [0, 0.05) is 19.4 Å². The first-order chi connectivity index (χ1) is 9.75. The van der Waals surface area contributed by atoms with Crippen LogP contribution in [0.4, 0.5) is 0 Å². The molecule has 2 aromatic rings. The Morgan fingerprint density at radius 2 is 1.95 bits per heavy atom. The third-order valence-electron chi connectivity index (χ3n) is 3.10. The van der Waals surface area contributed by atoms with Crippen LogP contribution in [0.1, 0.15) is 30.7 Å². The highest BCUT2D eigenvalue weighted by Crippen LogP contribution is 2.06. The number of carboxylic acids is 1. The van der Waals surface area contributed by atoms with Crippen molar-refractivity contribution in [2.45, 2.75) is 38.6 Å². The average molecular weight is 274 g/mol. The molecule has 0 aliphatic heterocycles. The SMILES string of the molecule is O=C(O)CCCCn1nnnc1CCc1ccccc1. The lowest BCUT2D eigenvalue weighted by atomic mass is 10.1. The van der Waals surface area contributed by atoms with Gasteiger partial charge in [0.25, 0.3) is 0 Å². The smallest absolute Gasteiger partial charge is 0.303 e. The van der Waals surface area contributed by atoms with Crippen molar-refractivity contribution in [2.24, 2.45) is 0 Å². The van der Waals surface area contributed by atoms with Crippen LogP contribution < -0.4 is 0 Å². The topological polar surface area (TPSA) is 80.9 Å². The summed E-state index contributed by atoms with van der Waals surface area (Å²) >= 11 is 0. The van der Waals surface area contributed by atoms with E-state index in [2.05, 4.69) is 27.7 Å². The second-order valence-corrected chi connectivity index (χ2v) is 4.65. The molecule has 1 heterocycles. The summed E-state index contributed by atoms with van der Waals surface area (Å²) in [6.07, 6.45) is 3.30. The van der Waals surface area contributed by atoms with Gasteiger partial charge < -0.3 is 5.11 Å². The van der Waals surface area contributed by atoms with Crippen molar-refractivity contribution in [1.82, 2.24) is 20.2 Å². The second-order valence-electron chi connectivity index (χ2n) is 4.65. The Balaban J connectivity index is 1.81. The van der Waals surface area contributed by atoms with Crippen molar-refractivity contribution in [3.8, 4) is 0 Å². The van der Waals surface area contributed by atoms with Crippen molar-refractivity contribution in [1.29, 1.82) is 0 Å². The largest absolute Gasteiger partial charge is 0.481 e. The number of aromatic nitrogens is 4. The van der Waals surface area contributed by atoms with Gasteiger partial charge in [-0.05, 0) is 35.3 Å². The predicted molar refractivity (Wildman–Crippen MR) is 73.2 cm³/mol. The van der Waals surface area contributed by atoms with Crippen LogP contribution in [0.3, 0.4) is 0 Å². The normalized spacial score (nSPS) is 10.6. The minimum absolute atomic E-state index is 0.196. The van der Waals surface area contributed by atoms with Crippen molar-refractivity contribution < 1.29 is 9.90 Å². The van der Waals surface area contributed by atoms with Gasteiger partial charge in [0.2, 0.25) is 0 Å². The molecule has 0 fully saturated rings. The highest BCUT2D eigenvalue weighted by atomic mass is 16.4. The molecular formula is C14H18N4O2. The maximum atomic E-state index is 10.4. The summed E-state index contributed by atoms with van der Waals surface area (Å²) in [7, 11) is 0. The van der Waals surface area contributed by atoms with Gasteiger partial charge >= 0.3 is 5.97 Å². The highest BCUT2D eigenvalue weighted by molar-refractivity contribution is 5.66. The first-order valence-electron chi connectivity index (χ1n) is 6.76. The molecule has 0 radical (unpaired) electrons. The molecule has 0 saturated carbocycles. The highest BCUT2D eigenvalue weighted by Gasteiger charge is 2.06. The van der Waals surface area contributed by atoms with Crippen molar-refractivity contribution in [3.63, 3.8) is 0 Å². The second kappa shape index (κ2) is 7.37.